The second kappa shape index (κ2) is 7.04. The van der Waals surface area contributed by atoms with E-state index in [2.05, 4.69) is 10.2 Å². The molecule has 0 bridgehead atoms. The minimum Gasteiger partial charge on any atom is -0.339 e. The standard InChI is InChI=1S/C13H26N4O3S/c1-15(12-4-3-5-14-10-12)11-13(18)16-6-8-17(9-7-16)21(2,19)20/h12,14H,3-11H2,1-2H3. The average molecular weight is 318 g/mol. The summed E-state index contributed by atoms with van der Waals surface area (Å²) in [4.78, 5) is 16.2. The van der Waals surface area contributed by atoms with Crippen LogP contribution in [0.5, 0.6) is 0 Å². The zero-order valence-electron chi connectivity index (χ0n) is 12.9. The van der Waals surface area contributed by atoms with Crippen molar-refractivity contribution in [1.29, 1.82) is 0 Å². The summed E-state index contributed by atoms with van der Waals surface area (Å²) in [5.74, 6) is 0.0937. The van der Waals surface area contributed by atoms with Gasteiger partial charge in [0.1, 0.15) is 0 Å². The highest BCUT2D eigenvalue weighted by atomic mass is 32.2. The Hall–Kier alpha value is -0.700. The molecule has 2 rings (SSSR count). The Labute approximate surface area is 127 Å². The largest absolute Gasteiger partial charge is 0.339 e. The van der Waals surface area contributed by atoms with Crippen LogP contribution in [0.4, 0.5) is 0 Å². The van der Waals surface area contributed by atoms with E-state index in [0.717, 1.165) is 25.9 Å². The lowest BCUT2D eigenvalue weighted by Gasteiger charge is -2.36. The van der Waals surface area contributed by atoms with Gasteiger partial charge in [0.2, 0.25) is 15.9 Å². The first-order valence-electron chi connectivity index (χ1n) is 7.52. The Balaban J connectivity index is 1.79. The van der Waals surface area contributed by atoms with E-state index < -0.39 is 10.0 Å². The third-order valence-corrected chi connectivity index (χ3v) is 5.64. The molecule has 1 amide bonds. The molecule has 0 radical (unpaired) electrons. The van der Waals surface area contributed by atoms with Gasteiger partial charge in [-0.15, -0.1) is 0 Å². The first-order chi connectivity index (χ1) is 9.88. The number of sulfonamides is 1. The van der Waals surface area contributed by atoms with Gasteiger partial charge in [-0.3, -0.25) is 9.69 Å². The predicted molar refractivity (Wildman–Crippen MR) is 81.5 cm³/mol. The Morgan fingerprint density at radius 3 is 2.48 bits per heavy atom. The number of likely N-dealkylation sites (N-methyl/N-ethyl adjacent to an activating group) is 1. The van der Waals surface area contributed by atoms with Crippen LogP contribution in [0.15, 0.2) is 0 Å². The van der Waals surface area contributed by atoms with Gasteiger partial charge in [0.05, 0.1) is 12.8 Å². The molecule has 2 aliphatic rings. The van der Waals surface area contributed by atoms with E-state index >= 15 is 0 Å². The molecular weight excluding hydrogens is 292 g/mol. The summed E-state index contributed by atoms with van der Waals surface area (Å²) >= 11 is 0. The smallest absolute Gasteiger partial charge is 0.236 e. The zero-order chi connectivity index (χ0) is 15.5. The highest BCUT2D eigenvalue weighted by Gasteiger charge is 2.27. The summed E-state index contributed by atoms with van der Waals surface area (Å²) in [7, 11) is -1.15. The van der Waals surface area contributed by atoms with E-state index in [1.165, 1.54) is 10.6 Å². The average Bonchev–Trinajstić information content (AvgIpc) is 2.47. The molecule has 0 aromatic carbocycles. The summed E-state index contributed by atoms with van der Waals surface area (Å²) in [6.45, 7) is 4.19. The molecule has 0 aliphatic carbocycles. The van der Waals surface area contributed by atoms with E-state index in [0.29, 0.717) is 38.8 Å². The second-order valence-corrected chi connectivity index (χ2v) is 7.94. The van der Waals surface area contributed by atoms with Gasteiger partial charge in [0.25, 0.3) is 0 Å². The maximum atomic E-state index is 12.3. The zero-order valence-corrected chi connectivity index (χ0v) is 13.7. The molecule has 2 saturated heterocycles. The number of hydrogen-bond acceptors (Lipinski definition) is 5. The van der Waals surface area contributed by atoms with E-state index in [-0.39, 0.29) is 5.91 Å². The molecule has 0 spiro atoms. The third kappa shape index (κ3) is 4.64. The molecular formula is C13H26N4O3S. The number of nitrogens with zero attached hydrogens (tertiary/aromatic N) is 3. The van der Waals surface area contributed by atoms with Crippen molar-refractivity contribution in [2.75, 3.05) is 59.1 Å². The van der Waals surface area contributed by atoms with Gasteiger partial charge in [-0.05, 0) is 26.4 Å². The van der Waals surface area contributed by atoms with Crippen LogP contribution in [0.1, 0.15) is 12.8 Å². The number of piperidine rings is 1. The maximum absolute atomic E-state index is 12.3. The Morgan fingerprint density at radius 2 is 1.95 bits per heavy atom. The molecule has 1 N–H and O–H groups in total. The monoisotopic (exact) mass is 318 g/mol. The van der Waals surface area contributed by atoms with Crippen molar-refractivity contribution < 1.29 is 13.2 Å². The third-order valence-electron chi connectivity index (χ3n) is 4.34. The van der Waals surface area contributed by atoms with Crippen LogP contribution in [0.2, 0.25) is 0 Å². The van der Waals surface area contributed by atoms with Gasteiger partial charge >= 0.3 is 0 Å². The molecule has 0 saturated carbocycles. The number of carbonyl (C=O) groups excluding carboxylic acids is 1. The van der Waals surface area contributed by atoms with Crippen molar-refractivity contribution in [2.24, 2.45) is 0 Å². The van der Waals surface area contributed by atoms with Gasteiger partial charge in [0.15, 0.2) is 0 Å². The maximum Gasteiger partial charge on any atom is 0.236 e. The highest BCUT2D eigenvalue weighted by molar-refractivity contribution is 7.88. The molecule has 1 atom stereocenters. The van der Waals surface area contributed by atoms with Crippen LogP contribution >= 0.6 is 0 Å². The van der Waals surface area contributed by atoms with Crippen molar-refractivity contribution in [1.82, 2.24) is 19.4 Å². The van der Waals surface area contributed by atoms with Crippen LogP contribution in [-0.2, 0) is 14.8 Å². The Bertz CT molecular complexity index is 454. The van der Waals surface area contributed by atoms with Gasteiger partial charge < -0.3 is 10.2 Å². The lowest BCUT2D eigenvalue weighted by atomic mass is 10.1. The summed E-state index contributed by atoms with van der Waals surface area (Å²) in [5, 5.41) is 3.35. The minimum absolute atomic E-state index is 0.0937. The molecule has 122 valence electrons. The number of carbonyl (C=O) groups is 1. The predicted octanol–water partition coefficient (Wildman–Crippen LogP) is -1.23. The summed E-state index contributed by atoms with van der Waals surface area (Å²) in [6, 6.07) is 0.417. The molecule has 2 aliphatic heterocycles. The normalized spacial score (nSPS) is 25.3. The van der Waals surface area contributed by atoms with Crippen LogP contribution in [0.3, 0.4) is 0 Å². The highest BCUT2D eigenvalue weighted by Crippen LogP contribution is 2.10. The van der Waals surface area contributed by atoms with Crippen molar-refractivity contribution in [3.05, 3.63) is 0 Å². The van der Waals surface area contributed by atoms with Crippen LogP contribution in [-0.4, -0.2) is 93.6 Å². The topological polar surface area (TPSA) is 73.0 Å². The molecule has 0 aromatic rings. The van der Waals surface area contributed by atoms with Crippen molar-refractivity contribution >= 4 is 15.9 Å². The molecule has 2 heterocycles. The van der Waals surface area contributed by atoms with E-state index in [4.69, 9.17) is 0 Å². The van der Waals surface area contributed by atoms with Gasteiger partial charge in [0, 0.05) is 38.8 Å². The Morgan fingerprint density at radius 1 is 1.29 bits per heavy atom. The first kappa shape index (κ1) is 16.7. The number of rotatable bonds is 4. The number of piperazine rings is 1. The van der Waals surface area contributed by atoms with Gasteiger partial charge in [-0.2, -0.15) is 4.31 Å². The van der Waals surface area contributed by atoms with Gasteiger partial charge in [-0.1, -0.05) is 0 Å². The van der Waals surface area contributed by atoms with Crippen molar-refractivity contribution in [3.63, 3.8) is 0 Å². The summed E-state index contributed by atoms with van der Waals surface area (Å²) < 4.78 is 24.3. The van der Waals surface area contributed by atoms with Crippen molar-refractivity contribution in [3.8, 4) is 0 Å². The SMILES string of the molecule is CN(CC(=O)N1CCN(S(C)(=O)=O)CC1)C1CCCNC1. The minimum atomic E-state index is -3.14. The second-order valence-electron chi connectivity index (χ2n) is 5.96. The lowest BCUT2D eigenvalue weighted by Crippen LogP contribution is -2.53. The lowest BCUT2D eigenvalue weighted by molar-refractivity contribution is -0.133. The quantitative estimate of drug-likeness (QED) is 0.703. The first-order valence-corrected chi connectivity index (χ1v) is 9.36. The van der Waals surface area contributed by atoms with Crippen LogP contribution < -0.4 is 5.32 Å². The molecule has 2 fully saturated rings. The number of amides is 1. The molecule has 21 heavy (non-hydrogen) atoms. The fourth-order valence-corrected chi connectivity index (χ4v) is 3.75. The fraction of sp³-hybridized carbons (Fsp3) is 0.923. The van der Waals surface area contributed by atoms with Crippen LogP contribution in [0, 0.1) is 0 Å². The van der Waals surface area contributed by atoms with Crippen molar-refractivity contribution in [2.45, 2.75) is 18.9 Å². The molecule has 8 heteroatoms. The van der Waals surface area contributed by atoms with E-state index in [9.17, 15) is 13.2 Å². The summed E-state index contributed by atoms with van der Waals surface area (Å²) in [5.41, 5.74) is 0. The molecule has 0 aromatic heterocycles. The summed E-state index contributed by atoms with van der Waals surface area (Å²) in [6.07, 6.45) is 3.49. The Kier molecular flexibility index (Phi) is 5.59. The fourth-order valence-electron chi connectivity index (χ4n) is 2.92. The van der Waals surface area contributed by atoms with Crippen LogP contribution in [0.25, 0.3) is 0 Å². The number of hydrogen-bond donors (Lipinski definition) is 1. The van der Waals surface area contributed by atoms with E-state index in [1.54, 1.807) is 4.90 Å². The molecule has 7 nitrogen and oxygen atoms in total. The van der Waals surface area contributed by atoms with E-state index in [1.807, 2.05) is 7.05 Å². The number of nitrogens with one attached hydrogen (secondary N) is 1. The molecule has 1 unspecified atom stereocenters. The van der Waals surface area contributed by atoms with Gasteiger partial charge in [-0.25, -0.2) is 8.42 Å².